The molecule has 0 aliphatic carbocycles. The smallest absolute Gasteiger partial charge is 0.305 e. The van der Waals surface area contributed by atoms with Gasteiger partial charge in [0.2, 0.25) is 0 Å². The van der Waals surface area contributed by atoms with E-state index < -0.39 is 5.97 Å². The highest BCUT2D eigenvalue weighted by molar-refractivity contribution is 8.26. The molecule has 0 unspecified atom stereocenters. The molecule has 178 valence electrons. The number of nitrogens with zero attached hydrogens (tertiary/aromatic N) is 1. The highest BCUT2D eigenvalue weighted by Crippen LogP contribution is 2.39. The minimum atomic E-state index is -1.02. The monoisotopic (exact) mass is 520 g/mol. The highest BCUT2D eigenvalue weighted by atomic mass is 35.5. The van der Waals surface area contributed by atoms with E-state index in [4.69, 9.17) is 38.4 Å². The minimum absolute atomic E-state index is 0.00114. The number of nitrogens with one attached hydrogen (secondary N) is 1. The van der Waals surface area contributed by atoms with Crippen molar-refractivity contribution in [3.8, 4) is 11.5 Å². The van der Waals surface area contributed by atoms with Crippen molar-refractivity contribution in [1.82, 2.24) is 4.90 Å². The van der Waals surface area contributed by atoms with Crippen LogP contribution < -0.4 is 14.8 Å². The summed E-state index contributed by atoms with van der Waals surface area (Å²) in [5.74, 6) is -1.29. The number of methoxy groups -OCH3 is 1. The average molecular weight is 521 g/mol. The number of rotatable bonds is 9. The first-order valence-electron chi connectivity index (χ1n) is 10.0. The van der Waals surface area contributed by atoms with Crippen LogP contribution in [0.2, 0.25) is 5.02 Å². The van der Waals surface area contributed by atoms with Gasteiger partial charge in [0.1, 0.15) is 4.32 Å². The number of carbonyl (C=O) groups excluding carboxylic acids is 2. The lowest BCUT2D eigenvalue weighted by molar-refractivity contribution is -0.137. The number of aliphatic carboxylic acids is 1. The third kappa shape index (κ3) is 6.49. The molecule has 0 saturated carbocycles. The first kappa shape index (κ1) is 25.5. The van der Waals surface area contributed by atoms with Gasteiger partial charge in [0.25, 0.3) is 11.8 Å². The van der Waals surface area contributed by atoms with Crippen LogP contribution in [0.4, 0.5) is 5.69 Å². The highest BCUT2D eigenvalue weighted by Gasteiger charge is 2.32. The third-order valence-corrected chi connectivity index (χ3v) is 6.31. The molecule has 1 saturated heterocycles. The number of aryl methyl sites for hydroxylation is 1. The maximum absolute atomic E-state index is 12.6. The number of hydrogen-bond donors (Lipinski definition) is 2. The number of carboxylic acids is 1. The van der Waals surface area contributed by atoms with Gasteiger partial charge in [-0.15, -0.1) is 0 Å². The summed E-state index contributed by atoms with van der Waals surface area (Å²) in [4.78, 5) is 37.3. The van der Waals surface area contributed by atoms with Gasteiger partial charge in [-0.1, -0.05) is 53.3 Å². The van der Waals surface area contributed by atoms with E-state index in [1.54, 1.807) is 30.3 Å². The fourth-order valence-electron chi connectivity index (χ4n) is 2.99. The lowest BCUT2D eigenvalue weighted by atomic mass is 10.1. The normalized spacial score (nSPS) is 14.4. The van der Waals surface area contributed by atoms with Crippen LogP contribution in [0, 0.1) is 6.92 Å². The number of carboxylic acid groups (broad SMARTS) is 1. The summed E-state index contributed by atoms with van der Waals surface area (Å²) in [6, 6.07) is 10.5. The minimum Gasteiger partial charge on any atom is -0.493 e. The van der Waals surface area contributed by atoms with Crippen molar-refractivity contribution in [2.75, 3.05) is 25.6 Å². The zero-order valence-electron chi connectivity index (χ0n) is 18.3. The summed E-state index contributed by atoms with van der Waals surface area (Å²) in [5.41, 5.74) is 2.28. The van der Waals surface area contributed by atoms with Crippen molar-refractivity contribution in [1.29, 1.82) is 0 Å². The summed E-state index contributed by atoms with van der Waals surface area (Å²) in [6.07, 6.45) is 1.38. The Kier molecular flexibility index (Phi) is 8.54. The van der Waals surface area contributed by atoms with Crippen molar-refractivity contribution in [3.63, 3.8) is 0 Å². The third-order valence-electron chi connectivity index (χ3n) is 4.66. The Hall–Kier alpha value is -3.08. The van der Waals surface area contributed by atoms with Gasteiger partial charge in [-0.05, 0) is 42.8 Å². The Balaban J connectivity index is 1.71. The molecule has 2 amide bonds. The maximum atomic E-state index is 12.6. The maximum Gasteiger partial charge on any atom is 0.305 e. The molecule has 0 spiro atoms. The summed E-state index contributed by atoms with van der Waals surface area (Å²) < 4.78 is 11.3. The van der Waals surface area contributed by atoms with Crippen molar-refractivity contribution < 1.29 is 29.0 Å². The Morgan fingerprint density at radius 1 is 1.26 bits per heavy atom. The van der Waals surface area contributed by atoms with Crippen LogP contribution in [0.1, 0.15) is 17.5 Å². The molecule has 3 rings (SSSR count). The standard InChI is InChI=1S/C23H21ClN2O6S2/c1-13-3-5-15(6-4-13)25-19(27)12-32-21-16(24)9-14(10-17(21)31-2)11-18-22(30)26(23(33)34-18)8-7-20(28)29/h3-6,9-11H,7-8,12H2,1-2H3,(H,25,27)(H,28,29)/b18-11-. The van der Waals surface area contributed by atoms with Crippen LogP contribution in [0.15, 0.2) is 41.3 Å². The van der Waals surface area contributed by atoms with Crippen LogP contribution in [-0.4, -0.2) is 52.4 Å². The van der Waals surface area contributed by atoms with Gasteiger partial charge in [0, 0.05) is 12.2 Å². The number of carbonyl (C=O) groups is 3. The number of anilines is 1. The van der Waals surface area contributed by atoms with Gasteiger partial charge in [-0.2, -0.15) is 0 Å². The van der Waals surface area contributed by atoms with E-state index in [-0.39, 0.29) is 52.2 Å². The zero-order valence-corrected chi connectivity index (χ0v) is 20.7. The second kappa shape index (κ2) is 11.4. The lowest BCUT2D eigenvalue weighted by Gasteiger charge is -2.14. The predicted molar refractivity (Wildman–Crippen MR) is 135 cm³/mol. The molecular weight excluding hydrogens is 500 g/mol. The fraction of sp³-hybridized carbons (Fsp3) is 0.217. The van der Waals surface area contributed by atoms with Crippen molar-refractivity contribution in [2.24, 2.45) is 0 Å². The molecule has 1 aliphatic heterocycles. The molecule has 2 N–H and O–H groups in total. The first-order valence-corrected chi connectivity index (χ1v) is 11.6. The van der Waals surface area contributed by atoms with Crippen LogP contribution in [-0.2, 0) is 14.4 Å². The molecule has 0 radical (unpaired) electrons. The molecule has 0 bridgehead atoms. The molecule has 1 aliphatic rings. The lowest BCUT2D eigenvalue weighted by Crippen LogP contribution is -2.30. The van der Waals surface area contributed by atoms with E-state index in [1.807, 2.05) is 19.1 Å². The van der Waals surface area contributed by atoms with E-state index in [0.717, 1.165) is 17.3 Å². The molecule has 34 heavy (non-hydrogen) atoms. The molecule has 8 nitrogen and oxygen atoms in total. The quantitative estimate of drug-likeness (QED) is 0.371. The van der Waals surface area contributed by atoms with Gasteiger partial charge in [0.15, 0.2) is 18.1 Å². The fourth-order valence-corrected chi connectivity index (χ4v) is 4.57. The Morgan fingerprint density at radius 2 is 1.97 bits per heavy atom. The number of amides is 2. The number of halogens is 1. The number of benzene rings is 2. The van der Waals surface area contributed by atoms with Crippen LogP contribution >= 0.6 is 35.6 Å². The molecule has 2 aromatic carbocycles. The molecule has 1 fully saturated rings. The first-order chi connectivity index (χ1) is 16.2. The van der Waals surface area contributed by atoms with E-state index in [2.05, 4.69) is 5.32 Å². The number of hydrogen-bond acceptors (Lipinski definition) is 7. The van der Waals surface area contributed by atoms with Crippen molar-refractivity contribution >= 4 is 69.4 Å². The van der Waals surface area contributed by atoms with Gasteiger partial charge >= 0.3 is 5.97 Å². The van der Waals surface area contributed by atoms with E-state index in [1.165, 1.54) is 12.0 Å². The van der Waals surface area contributed by atoms with Crippen LogP contribution in [0.25, 0.3) is 6.08 Å². The SMILES string of the molecule is COc1cc(/C=C2\SC(=S)N(CCC(=O)O)C2=O)cc(Cl)c1OCC(=O)Nc1ccc(C)cc1. The molecule has 11 heteroatoms. The molecule has 0 atom stereocenters. The van der Waals surface area contributed by atoms with E-state index in [0.29, 0.717) is 16.2 Å². The Bertz CT molecular complexity index is 1170. The number of ether oxygens (including phenoxy) is 2. The summed E-state index contributed by atoms with van der Waals surface area (Å²) in [7, 11) is 1.43. The molecule has 0 aromatic heterocycles. The molecule has 2 aromatic rings. The van der Waals surface area contributed by atoms with Crippen molar-refractivity contribution in [2.45, 2.75) is 13.3 Å². The van der Waals surface area contributed by atoms with Crippen LogP contribution in [0.3, 0.4) is 0 Å². The topological polar surface area (TPSA) is 105 Å². The molecule has 1 heterocycles. The largest absolute Gasteiger partial charge is 0.493 e. The number of thiocarbonyl (C=S) groups is 1. The summed E-state index contributed by atoms with van der Waals surface area (Å²) in [6.45, 7) is 1.66. The van der Waals surface area contributed by atoms with Gasteiger partial charge in [0.05, 0.1) is 23.5 Å². The Labute approximate surface area is 210 Å². The summed E-state index contributed by atoms with van der Waals surface area (Å²) >= 11 is 12.7. The zero-order chi connectivity index (χ0) is 24.8. The second-order valence-corrected chi connectivity index (χ2v) is 9.30. The number of thioether (sulfide) groups is 1. The Morgan fingerprint density at radius 3 is 2.62 bits per heavy atom. The van der Waals surface area contributed by atoms with Gasteiger partial charge in [-0.3, -0.25) is 19.3 Å². The van der Waals surface area contributed by atoms with Gasteiger partial charge < -0.3 is 19.9 Å². The van der Waals surface area contributed by atoms with Gasteiger partial charge in [-0.25, -0.2) is 0 Å². The molecular formula is C23H21ClN2O6S2. The average Bonchev–Trinajstić information content (AvgIpc) is 3.04. The second-order valence-electron chi connectivity index (χ2n) is 7.21. The van der Waals surface area contributed by atoms with Crippen LogP contribution in [0.5, 0.6) is 11.5 Å². The van der Waals surface area contributed by atoms with Crippen molar-refractivity contribution in [3.05, 3.63) is 57.5 Å². The predicted octanol–water partition coefficient (Wildman–Crippen LogP) is 4.35. The summed E-state index contributed by atoms with van der Waals surface area (Å²) in [5, 5.41) is 11.8. The van der Waals surface area contributed by atoms with E-state index >= 15 is 0 Å². The van der Waals surface area contributed by atoms with E-state index in [9.17, 15) is 14.4 Å².